The van der Waals surface area contributed by atoms with Crippen molar-refractivity contribution < 1.29 is 14.7 Å². The highest BCUT2D eigenvalue weighted by Gasteiger charge is 2.61. The van der Waals surface area contributed by atoms with Crippen LogP contribution in [0.5, 0.6) is 5.75 Å². The van der Waals surface area contributed by atoms with Gasteiger partial charge in [0.1, 0.15) is 17.2 Å². The standard InChI is InChI=1S/C16H20Cl2NO3/c1-14(2)9-16(18,15(3,4)19(14)21)10-22-12-7-5-11(6-8-12)13(17)20/h5-8H,9-10H2,1-4H3. The number of alkyl halides is 1. The molecule has 121 valence electrons. The number of nitrogens with zero attached hydrogens (tertiary/aromatic N) is 1. The van der Waals surface area contributed by atoms with Gasteiger partial charge in [0.05, 0.1) is 5.54 Å². The van der Waals surface area contributed by atoms with Gasteiger partial charge in [0.2, 0.25) is 0 Å². The van der Waals surface area contributed by atoms with Crippen molar-refractivity contribution in [3.63, 3.8) is 0 Å². The lowest BCUT2D eigenvalue weighted by molar-refractivity contribution is -0.247. The van der Waals surface area contributed by atoms with Gasteiger partial charge in [-0.3, -0.25) is 4.79 Å². The third-order valence-corrected chi connectivity index (χ3v) is 5.34. The minimum Gasteiger partial charge on any atom is -0.492 e. The van der Waals surface area contributed by atoms with Crippen LogP contribution in [0.4, 0.5) is 0 Å². The lowest BCUT2D eigenvalue weighted by Gasteiger charge is -2.37. The largest absolute Gasteiger partial charge is 0.492 e. The van der Waals surface area contributed by atoms with Crippen molar-refractivity contribution in [2.45, 2.75) is 50.1 Å². The summed E-state index contributed by atoms with van der Waals surface area (Å²) in [6, 6.07) is 6.51. The number of hydrogen-bond donors (Lipinski definition) is 0. The Labute approximate surface area is 140 Å². The van der Waals surface area contributed by atoms with Crippen LogP contribution in [0.25, 0.3) is 0 Å². The fraction of sp³-hybridized carbons (Fsp3) is 0.562. The number of rotatable bonds is 4. The van der Waals surface area contributed by atoms with Crippen LogP contribution in [0.2, 0.25) is 0 Å². The monoisotopic (exact) mass is 344 g/mol. The molecule has 0 spiro atoms. The molecule has 0 N–H and O–H groups in total. The van der Waals surface area contributed by atoms with Gasteiger partial charge < -0.3 is 4.74 Å². The fourth-order valence-corrected chi connectivity index (χ4v) is 3.60. The molecule has 6 heteroatoms. The molecule has 1 atom stereocenters. The average Bonchev–Trinajstić information content (AvgIpc) is 2.55. The van der Waals surface area contributed by atoms with Gasteiger partial charge in [0.15, 0.2) is 0 Å². The van der Waals surface area contributed by atoms with Crippen LogP contribution in [0.1, 0.15) is 44.5 Å². The highest BCUT2D eigenvalue weighted by atomic mass is 35.5. The topological polar surface area (TPSA) is 49.4 Å². The smallest absolute Gasteiger partial charge is 0.252 e. The molecule has 1 aliphatic rings. The molecule has 1 aromatic rings. The number of benzene rings is 1. The highest BCUT2D eigenvalue weighted by Crippen LogP contribution is 2.50. The van der Waals surface area contributed by atoms with Gasteiger partial charge in [0, 0.05) is 11.1 Å². The van der Waals surface area contributed by atoms with E-state index in [4.69, 9.17) is 27.9 Å². The van der Waals surface area contributed by atoms with Gasteiger partial charge in [-0.1, -0.05) is 0 Å². The van der Waals surface area contributed by atoms with E-state index in [0.717, 1.165) is 5.06 Å². The van der Waals surface area contributed by atoms with Crippen LogP contribution < -0.4 is 4.74 Å². The molecule has 0 amide bonds. The van der Waals surface area contributed by atoms with Crippen LogP contribution in [-0.2, 0) is 5.21 Å². The van der Waals surface area contributed by atoms with Crippen molar-refractivity contribution in [3.05, 3.63) is 29.8 Å². The summed E-state index contributed by atoms with van der Waals surface area (Å²) in [5.74, 6) is 0.583. The quantitative estimate of drug-likeness (QED) is 0.611. The number of hydrogen-bond acceptors (Lipinski definition) is 3. The molecule has 1 fully saturated rings. The summed E-state index contributed by atoms with van der Waals surface area (Å²) in [5, 5.41) is 13.0. The predicted octanol–water partition coefficient (Wildman–Crippen LogP) is 4.03. The van der Waals surface area contributed by atoms with Crippen LogP contribution in [0, 0.1) is 0 Å². The van der Waals surface area contributed by atoms with Crippen LogP contribution in [0.15, 0.2) is 24.3 Å². The van der Waals surface area contributed by atoms with Crippen molar-refractivity contribution in [1.29, 1.82) is 0 Å². The Morgan fingerprint density at radius 3 is 2.18 bits per heavy atom. The maximum atomic E-state index is 12.4. The maximum Gasteiger partial charge on any atom is 0.252 e. The van der Waals surface area contributed by atoms with E-state index < -0.39 is 21.2 Å². The van der Waals surface area contributed by atoms with Gasteiger partial charge in [-0.15, -0.1) is 21.9 Å². The van der Waals surface area contributed by atoms with Gasteiger partial charge in [-0.2, -0.15) is 0 Å². The number of carbonyl (C=O) groups excluding carboxylic acids is 1. The minimum atomic E-state index is -0.792. The molecular weight excluding hydrogens is 325 g/mol. The fourth-order valence-electron chi connectivity index (χ4n) is 3.02. The molecule has 1 heterocycles. The first-order chi connectivity index (χ1) is 9.99. The average molecular weight is 345 g/mol. The van der Waals surface area contributed by atoms with Crippen LogP contribution >= 0.6 is 23.2 Å². The van der Waals surface area contributed by atoms with Crippen molar-refractivity contribution >= 4 is 28.4 Å². The summed E-state index contributed by atoms with van der Waals surface area (Å²) in [4.78, 5) is 10.2. The molecule has 0 aliphatic carbocycles. The molecule has 2 rings (SSSR count). The second kappa shape index (κ2) is 5.68. The van der Waals surface area contributed by atoms with E-state index in [2.05, 4.69) is 0 Å². The van der Waals surface area contributed by atoms with E-state index in [1.165, 1.54) is 0 Å². The SMILES string of the molecule is CC1(C)CC(Cl)(COc2ccc(C(=O)Cl)cc2)C(C)(C)N1[O]. The Morgan fingerprint density at radius 1 is 1.23 bits per heavy atom. The van der Waals surface area contributed by atoms with E-state index in [9.17, 15) is 10.0 Å². The van der Waals surface area contributed by atoms with Crippen molar-refractivity contribution in [2.75, 3.05) is 6.61 Å². The summed E-state index contributed by atoms with van der Waals surface area (Å²) < 4.78 is 5.75. The molecular formula is C16H20Cl2NO3. The number of carbonyl (C=O) groups is 1. The number of ether oxygens (including phenoxy) is 1. The first-order valence-corrected chi connectivity index (χ1v) is 7.84. The highest BCUT2D eigenvalue weighted by molar-refractivity contribution is 6.67. The van der Waals surface area contributed by atoms with Crippen LogP contribution in [0.3, 0.4) is 0 Å². The van der Waals surface area contributed by atoms with Gasteiger partial charge in [0.25, 0.3) is 5.24 Å². The third kappa shape index (κ3) is 2.98. The Morgan fingerprint density at radius 2 is 1.77 bits per heavy atom. The lowest BCUT2D eigenvalue weighted by atomic mass is 9.86. The van der Waals surface area contributed by atoms with E-state index in [1.54, 1.807) is 24.3 Å². The zero-order valence-corrected chi connectivity index (χ0v) is 14.7. The van der Waals surface area contributed by atoms with E-state index in [0.29, 0.717) is 17.7 Å². The molecule has 4 nitrogen and oxygen atoms in total. The predicted molar refractivity (Wildman–Crippen MR) is 86.0 cm³/mol. The first-order valence-electron chi connectivity index (χ1n) is 7.09. The summed E-state index contributed by atoms with van der Waals surface area (Å²) in [5.41, 5.74) is -0.879. The summed E-state index contributed by atoms with van der Waals surface area (Å²) in [7, 11) is 0. The lowest BCUT2D eigenvalue weighted by Crippen LogP contribution is -2.53. The van der Waals surface area contributed by atoms with Gasteiger partial charge in [-0.25, -0.2) is 0 Å². The molecule has 0 bridgehead atoms. The number of hydroxylamine groups is 2. The summed E-state index contributed by atoms with van der Waals surface area (Å²) >= 11 is 12.1. The minimum absolute atomic E-state index is 0.206. The van der Waals surface area contributed by atoms with Crippen LogP contribution in [-0.4, -0.2) is 32.9 Å². The molecule has 22 heavy (non-hydrogen) atoms. The van der Waals surface area contributed by atoms with E-state index in [1.807, 2.05) is 27.7 Å². The maximum absolute atomic E-state index is 12.4. The number of halogens is 2. The van der Waals surface area contributed by atoms with Crippen molar-refractivity contribution in [3.8, 4) is 5.75 Å². The molecule has 0 aromatic heterocycles. The Hall–Kier alpha value is -0.810. The second-order valence-corrected chi connectivity index (χ2v) is 7.96. The first kappa shape index (κ1) is 17.5. The van der Waals surface area contributed by atoms with E-state index in [-0.39, 0.29) is 6.61 Å². The third-order valence-electron chi connectivity index (χ3n) is 4.42. The molecule has 1 aliphatic heterocycles. The summed E-state index contributed by atoms with van der Waals surface area (Å²) in [6.45, 7) is 7.64. The Kier molecular flexibility index (Phi) is 4.53. The Bertz CT molecular complexity index is 571. The van der Waals surface area contributed by atoms with Crippen molar-refractivity contribution in [1.82, 2.24) is 5.06 Å². The molecule has 0 saturated carbocycles. The summed E-state index contributed by atoms with van der Waals surface area (Å²) in [6.07, 6.45) is 0.524. The molecule has 1 unspecified atom stereocenters. The Balaban J connectivity index is 2.12. The molecule has 1 aromatic carbocycles. The van der Waals surface area contributed by atoms with Gasteiger partial charge in [-0.05, 0) is 70.0 Å². The molecule has 1 saturated heterocycles. The van der Waals surface area contributed by atoms with Gasteiger partial charge >= 0.3 is 0 Å². The normalized spacial score (nSPS) is 26.9. The van der Waals surface area contributed by atoms with Crippen molar-refractivity contribution in [2.24, 2.45) is 0 Å². The molecule has 1 radical (unpaired) electrons. The zero-order chi connectivity index (χ0) is 16.8. The zero-order valence-electron chi connectivity index (χ0n) is 13.2. The second-order valence-electron chi connectivity index (χ2n) is 6.89. The van der Waals surface area contributed by atoms with E-state index >= 15 is 0 Å².